The standard InChI is InChI=1S/C19H20N4O2/c1-12-9-17(24)23(16-7-5-4-6-8-16)13(2)18(12)19(25)21-11-15-10-20-14(3)22-15/h4-10H,11H2,1-3H3,(H,20,22)(H,21,25). The zero-order chi connectivity index (χ0) is 18.0. The normalized spacial score (nSPS) is 10.7. The number of pyridine rings is 1. The van der Waals surface area contributed by atoms with Gasteiger partial charge in [0.2, 0.25) is 0 Å². The monoisotopic (exact) mass is 336 g/mol. The van der Waals surface area contributed by atoms with Gasteiger partial charge < -0.3 is 10.3 Å². The lowest BCUT2D eigenvalue weighted by Crippen LogP contribution is -2.29. The topological polar surface area (TPSA) is 79.8 Å². The van der Waals surface area contributed by atoms with Crippen molar-refractivity contribution < 1.29 is 4.79 Å². The van der Waals surface area contributed by atoms with Crippen LogP contribution in [0.1, 0.15) is 33.1 Å². The van der Waals surface area contributed by atoms with Crippen LogP contribution >= 0.6 is 0 Å². The van der Waals surface area contributed by atoms with Gasteiger partial charge in [0.05, 0.1) is 24.0 Å². The number of amides is 1. The van der Waals surface area contributed by atoms with E-state index in [1.165, 1.54) is 6.07 Å². The lowest BCUT2D eigenvalue weighted by Gasteiger charge is -2.16. The maximum atomic E-state index is 12.7. The van der Waals surface area contributed by atoms with Gasteiger partial charge in [0.15, 0.2) is 0 Å². The fraction of sp³-hybridized carbons (Fsp3) is 0.211. The van der Waals surface area contributed by atoms with Crippen molar-refractivity contribution >= 4 is 5.91 Å². The molecule has 3 aromatic rings. The number of carbonyl (C=O) groups excluding carboxylic acids is 1. The van der Waals surface area contributed by atoms with E-state index in [9.17, 15) is 9.59 Å². The average Bonchev–Trinajstić information content (AvgIpc) is 2.99. The summed E-state index contributed by atoms with van der Waals surface area (Å²) in [5, 5.41) is 2.88. The van der Waals surface area contributed by atoms with Crippen molar-refractivity contribution in [1.82, 2.24) is 19.9 Å². The van der Waals surface area contributed by atoms with Gasteiger partial charge in [-0.15, -0.1) is 0 Å². The Balaban J connectivity index is 1.95. The van der Waals surface area contributed by atoms with Crippen molar-refractivity contribution in [2.75, 3.05) is 0 Å². The van der Waals surface area contributed by atoms with E-state index in [0.717, 1.165) is 17.2 Å². The number of imidazole rings is 1. The molecule has 0 bridgehead atoms. The zero-order valence-corrected chi connectivity index (χ0v) is 14.5. The molecule has 0 aliphatic rings. The maximum Gasteiger partial charge on any atom is 0.255 e. The molecule has 0 radical (unpaired) electrons. The first-order chi connectivity index (χ1) is 12.0. The van der Waals surface area contributed by atoms with Crippen molar-refractivity contribution in [3.8, 4) is 5.69 Å². The van der Waals surface area contributed by atoms with Crippen LogP contribution in [-0.4, -0.2) is 20.4 Å². The van der Waals surface area contributed by atoms with Crippen molar-refractivity contribution in [1.29, 1.82) is 0 Å². The third-order valence-corrected chi connectivity index (χ3v) is 4.09. The zero-order valence-electron chi connectivity index (χ0n) is 14.5. The quantitative estimate of drug-likeness (QED) is 0.768. The predicted octanol–water partition coefficient (Wildman–Crippen LogP) is 2.42. The van der Waals surface area contributed by atoms with E-state index in [0.29, 0.717) is 23.4 Å². The lowest BCUT2D eigenvalue weighted by atomic mass is 10.1. The molecule has 1 aromatic carbocycles. The van der Waals surface area contributed by atoms with Gasteiger partial charge >= 0.3 is 0 Å². The van der Waals surface area contributed by atoms with E-state index in [2.05, 4.69) is 15.3 Å². The fourth-order valence-corrected chi connectivity index (χ4v) is 2.95. The van der Waals surface area contributed by atoms with Gasteiger partial charge in [-0.05, 0) is 38.5 Å². The Kier molecular flexibility index (Phi) is 4.52. The molecule has 0 saturated heterocycles. The first-order valence-corrected chi connectivity index (χ1v) is 8.04. The Morgan fingerprint density at radius 2 is 1.92 bits per heavy atom. The van der Waals surface area contributed by atoms with E-state index in [1.807, 2.05) is 37.3 Å². The Labute approximate surface area is 145 Å². The van der Waals surface area contributed by atoms with Crippen molar-refractivity contribution in [3.63, 3.8) is 0 Å². The molecule has 0 atom stereocenters. The molecular formula is C19H20N4O2. The molecule has 2 N–H and O–H groups in total. The van der Waals surface area contributed by atoms with Crippen LogP contribution in [0.3, 0.4) is 0 Å². The van der Waals surface area contributed by atoms with Gasteiger partial charge in [-0.25, -0.2) is 4.98 Å². The molecule has 0 aliphatic heterocycles. The lowest BCUT2D eigenvalue weighted by molar-refractivity contribution is 0.0948. The smallest absolute Gasteiger partial charge is 0.255 e. The second-order valence-corrected chi connectivity index (χ2v) is 5.97. The number of aromatic nitrogens is 3. The molecular weight excluding hydrogens is 316 g/mol. The van der Waals surface area contributed by atoms with Crippen LogP contribution in [0, 0.1) is 20.8 Å². The van der Waals surface area contributed by atoms with Gasteiger partial charge in [-0.2, -0.15) is 0 Å². The average molecular weight is 336 g/mol. The summed E-state index contributed by atoms with van der Waals surface area (Å²) in [6.45, 7) is 5.77. The molecule has 128 valence electrons. The Morgan fingerprint density at radius 1 is 1.20 bits per heavy atom. The van der Waals surface area contributed by atoms with E-state index in [4.69, 9.17) is 0 Å². The molecule has 2 heterocycles. The molecule has 0 spiro atoms. The largest absolute Gasteiger partial charge is 0.346 e. The number of rotatable bonds is 4. The van der Waals surface area contributed by atoms with E-state index in [-0.39, 0.29) is 11.5 Å². The van der Waals surface area contributed by atoms with Crippen LogP contribution in [0.2, 0.25) is 0 Å². The molecule has 0 saturated carbocycles. The number of hydrogen-bond donors (Lipinski definition) is 2. The summed E-state index contributed by atoms with van der Waals surface area (Å²) in [6.07, 6.45) is 1.69. The van der Waals surface area contributed by atoms with E-state index >= 15 is 0 Å². The Hall–Kier alpha value is -3.15. The molecule has 0 unspecified atom stereocenters. The van der Waals surface area contributed by atoms with Crippen LogP contribution in [0.5, 0.6) is 0 Å². The van der Waals surface area contributed by atoms with Crippen molar-refractivity contribution in [2.45, 2.75) is 27.3 Å². The van der Waals surface area contributed by atoms with Crippen LogP contribution in [0.25, 0.3) is 5.69 Å². The SMILES string of the molecule is Cc1ncc(CNC(=O)c2c(C)cc(=O)n(-c3ccccc3)c2C)[nH]1. The summed E-state index contributed by atoms with van der Waals surface area (Å²) in [5.41, 5.74) is 3.21. The van der Waals surface area contributed by atoms with Crippen LogP contribution < -0.4 is 10.9 Å². The highest BCUT2D eigenvalue weighted by Crippen LogP contribution is 2.15. The second kappa shape index (κ2) is 6.76. The number of carbonyl (C=O) groups is 1. The minimum atomic E-state index is -0.216. The molecule has 6 nitrogen and oxygen atoms in total. The van der Waals surface area contributed by atoms with E-state index < -0.39 is 0 Å². The van der Waals surface area contributed by atoms with Gasteiger partial charge in [0.25, 0.3) is 11.5 Å². The molecule has 0 aliphatic carbocycles. The van der Waals surface area contributed by atoms with Crippen molar-refractivity contribution in [3.05, 3.63) is 81.3 Å². The van der Waals surface area contributed by atoms with E-state index in [1.54, 1.807) is 24.6 Å². The number of hydrogen-bond acceptors (Lipinski definition) is 3. The molecule has 6 heteroatoms. The first kappa shape index (κ1) is 16.7. The molecule has 3 rings (SSSR count). The third kappa shape index (κ3) is 3.38. The number of para-hydroxylation sites is 1. The number of H-pyrrole nitrogens is 1. The molecule has 2 aromatic heterocycles. The second-order valence-electron chi connectivity index (χ2n) is 5.97. The third-order valence-electron chi connectivity index (χ3n) is 4.09. The number of aryl methyl sites for hydroxylation is 2. The number of aromatic amines is 1. The fourth-order valence-electron chi connectivity index (χ4n) is 2.95. The number of benzene rings is 1. The van der Waals surface area contributed by atoms with Gasteiger partial charge in [0, 0.05) is 17.4 Å². The van der Waals surface area contributed by atoms with Gasteiger partial charge in [-0.1, -0.05) is 18.2 Å². The Morgan fingerprint density at radius 3 is 2.56 bits per heavy atom. The first-order valence-electron chi connectivity index (χ1n) is 8.04. The summed E-state index contributed by atoms with van der Waals surface area (Å²) in [6, 6.07) is 10.8. The number of nitrogens with zero attached hydrogens (tertiary/aromatic N) is 2. The summed E-state index contributed by atoms with van der Waals surface area (Å²) in [4.78, 5) is 32.3. The summed E-state index contributed by atoms with van der Waals surface area (Å²) in [5.74, 6) is 0.584. The van der Waals surface area contributed by atoms with Crippen LogP contribution in [0.15, 0.2) is 47.4 Å². The molecule has 1 amide bonds. The molecule has 25 heavy (non-hydrogen) atoms. The summed E-state index contributed by atoms with van der Waals surface area (Å²) < 4.78 is 1.56. The minimum absolute atomic E-state index is 0.151. The maximum absolute atomic E-state index is 12.7. The number of nitrogens with one attached hydrogen (secondary N) is 2. The summed E-state index contributed by atoms with van der Waals surface area (Å²) in [7, 11) is 0. The Bertz CT molecular complexity index is 971. The highest BCUT2D eigenvalue weighted by Gasteiger charge is 2.17. The minimum Gasteiger partial charge on any atom is -0.346 e. The highest BCUT2D eigenvalue weighted by atomic mass is 16.2. The van der Waals surface area contributed by atoms with Crippen LogP contribution in [-0.2, 0) is 6.54 Å². The van der Waals surface area contributed by atoms with Crippen LogP contribution in [0.4, 0.5) is 0 Å². The molecule has 0 fully saturated rings. The predicted molar refractivity (Wildman–Crippen MR) is 96.0 cm³/mol. The van der Waals surface area contributed by atoms with Gasteiger partial charge in [0.1, 0.15) is 5.82 Å². The highest BCUT2D eigenvalue weighted by molar-refractivity contribution is 5.96. The van der Waals surface area contributed by atoms with Crippen molar-refractivity contribution in [2.24, 2.45) is 0 Å². The van der Waals surface area contributed by atoms with Gasteiger partial charge in [-0.3, -0.25) is 14.2 Å². The summed E-state index contributed by atoms with van der Waals surface area (Å²) >= 11 is 0.